The monoisotopic (exact) mass is 358 g/mol. The Hall–Kier alpha value is -0.593. The first kappa shape index (κ1) is 15.8. The Kier molecular flexibility index (Phi) is 4.76. The topological polar surface area (TPSA) is 34.5 Å². The van der Waals surface area contributed by atoms with Crippen LogP contribution in [0.5, 0.6) is 0 Å². The van der Waals surface area contributed by atoms with E-state index in [2.05, 4.69) is 35.6 Å². The SMILES string of the molecule is Cn1c(Br)cc2c1C(=O)N(COCC[Si](C)(C)C)CC2. The highest BCUT2D eigenvalue weighted by Crippen LogP contribution is 2.25. The highest BCUT2D eigenvalue weighted by Gasteiger charge is 2.28. The van der Waals surface area contributed by atoms with E-state index in [1.165, 1.54) is 0 Å². The number of ether oxygens (including phenoxy) is 1. The molecule has 0 saturated heterocycles. The van der Waals surface area contributed by atoms with Crippen LogP contribution in [-0.4, -0.2) is 43.3 Å². The Labute approximate surface area is 130 Å². The molecule has 0 radical (unpaired) electrons. The molecule has 0 N–H and O–H groups in total. The second-order valence-corrected chi connectivity index (χ2v) is 13.0. The van der Waals surface area contributed by atoms with Gasteiger partial charge in [-0.25, -0.2) is 0 Å². The van der Waals surface area contributed by atoms with E-state index < -0.39 is 8.07 Å². The van der Waals surface area contributed by atoms with Gasteiger partial charge in [-0.05, 0) is 40.0 Å². The summed E-state index contributed by atoms with van der Waals surface area (Å²) in [4.78, 5) is 14.3. The highest BCUT2D eigenvalue weighted by molar-refractivity contribution is 9.10. The van der Waals surface area contributed by atoms with E-state index in [9.17, 15) is 4.79 Å². The van der Waals surface area contributed by atoms with Gasteiger partial charge in [0.25, 0.3) is 5.91 Å². The Morgan fingerprint density at radius 2 is 2.10 bits per heavy atom. The molecule has 0 spiro atoms. The van der Waals surface area contributed by atoms with Crippen LogP contribution < -0.4 is 0 Å². The summed E-state index contributed by atoms with van der Waals surface area (Å²) < 4.78 is 8.56. The van der Waals surface area contributed by atoms with E-state index >= 15 is 0 Å². The lowest BCUT2D eigenvalue weighted by molar-refractivity contribution is 0.0255. The molecule has 112 valence electrons. The summed E-state index contributed by atoms with van der Waals surface area (Å²) in [5, 5.41) is 0. The zero-order chi connectivity index (χ0) is 14.9. The molecule has 20 heavy (non-hydrogen) atoms. The number of carbonyl (C=O) groups excluding carboxylic acids is 1. The number of nitrogens with zero attached hydrogens (tertiary/aromatic N) is 2. The molecule has 1 aliphatic heterocycles. The fourth-order valence-electron chi connectivity index (χ4n) is 2.29. The number of amides is 1. The van der Waals surface area contributed by atoms with Gasteiger partial charge in [-0.15, -0.1) is 0 Å². The predicted molar refractivity (Wildman–Crippen MR) is 86.8 cm³/mol. The number of carbonyl (C=O) groups is 1. The van der Waals surface area contributed by atoms with E-state index in [-0.39, 0.29) is 5.91 Å². The summed E-state index contributed by atoms with van der Waals surface area (Å²) in [6, 6.07) is 3.17. The van der Waals surface area contributed by atoms with Crippen molar-refractivity contribution in [3.63, 3.8) is 0 Å². The summed E-state index contributed by atoms with van der Waals surface area (Å²) in [6.07, 6.45) is 0.901. The van der Waals surface area contributed by atoms with Crippen molar-refractivity contribution in [2.45, 2.75) is 32.1 Å². The summed E-state index contributed by atoms with van der Waals surface area (Å²) >= 11 is 3.47. The van der Waals surface area contributed by atoms with Gasteiger partial charge in [-0.3, -0.25) is 4.79 Å². The Bertz CT molecular complexity index is 508. The molecule has 4 nitrogen and oxygen atoms in total. The van der Waals surface area contributed by atoms with E-state index in [0.29, 0.717) is 6.73 Å². The Morgan fingerprint density at radius 3 is 2.75 bits per heavy atom. The number of hydrogen-bond acceptors (Lipinski definition) is 2. The third-order valence-electron chi connectivity index (χ3n) is 3.64. The molecule has 2 heterocycles. The smallest absolute Gasteiger partial charge is 0.272 e. The van der Waals surface area contributed by atoms with Gasteiger partial charge >= 0.3 is 0 Å². The van der Waals surface area contributed by atoms with Crippen molar-refractivity contribution in [3.05, 3.63) is 21.9 Å². The molecule has 0 aliphatic carbocycles. The largest absolute Gasteiger partial charge is 0.361 e. The molecule has 0 atom stereocenters. The predicted octanol–water partition coefficient (Wildman–Crippen LogP) is 3.10. The first-order valence-electron chi connectivity index (χ1n) is 7.01. The number of aromatic nitrogens is 1. The summed E-state index contributed by atoms with van der Waals surface area (Å²) in [6.45, 7) is 8.90. The minimum Gasteiger partial charge on any atom is -0.361 e. The van der Waals surface area contributed by atoms with Crippen molar-refractivity contribution in [2.24, 2.45) is 7.05 Å². The number of fused-ring (bicyclic) bond motifs is 1. The average Bonchev–Trinajstić information content (AvgIpc) is 2.63. The van der Waals surface area contributed by atoms with Crippen LogP contribution in [0.25, 0.3) is 0 Å². The quantitative estimate of drug-likeness (QED) is 0.598. The fourth-order valence-corrected chi connectivity index (χ4v) is 3.50. The lowest BCUT2D eigenvalue weighted by Gasteiger charge is -2.27. The summed E-state index contributed by atoms with van der Waals surface area (Å²) in [7, 11) is 0.850. The van der Waals surface area contributed by atoms with Gasteiger partial charge in [0.05, 0.1) is 4.60 Å². The van der Waals surface area contributed by atoms with Gasteiger partial charge < -0.3 is 14.2 Å². The van der Waals surface area contributed by atoms with Gasteiger partial charge in [0.1, 0.15) is 12.4 Å². The maximum atomic E-state index is 12.5. The Balaban J connectivity index is 1.93. The Morgan fingerprint density at radius 1 is 1.40 bits per heavy atom. The maximum Gasteiger partial charge on any atom is 0.272 e. The van der Waals surface area contributed by atoms with Crippen LogP contribution in [0.2, 0.25) is 25.7 Å². The molecule has 0 aromatic carbocycles. The van der Waals surface area contributed by atoms with E-state index in [0.717, 1.165) is 41.5 Å². The minimum absolute atomic E-state index is 0.0763. The van der Waals surface area contributed by atoms with E-state index in [1.807, 2.05) is 17.7 Å². The molecule has 1 amide bonds. The van der Waals surface area contributed by atoms with Crippen LogP contribution in [0, 0.1) is 0 Å². The molecule has 0 saturated carbocycles. The molecular formula is C14H23BrN2O2Si. The molecular weight excluding hydrogens is 336 g/mol. The first-order chi connectivity index (χ1) is 9.29. The maximum absolute atomic E-state index is 12.5. The van der Waals surface area contributed by atoms with Crippen LogP contribution in [0.15, 0.2) is 10.7 Å². The lowest BCUT2D eigenvalue weighted by Crippen LogP contribution is -2.40. The standard InChI is InChI=1S/C14H23BrN2O2Si/c1-16-12(15)9-11-5-6-17(14(18)13(11)16)10-19-7-8-20(2,3)4/h9H,5-8,10H2,1-4H3. The highest BCUT2D eigenvalue weighted by atomic mass is 79.9. The fraction of sp³-hybridized carbons (Fsp3) is 0.643. The van der Waals surface area contributed by atoms with Crippen molar-refractivity contribution in [3.8, 4) is 0 Å². The van der Waals surface area contributed by atoms with Gasteiger partial charge in [0, 0.05) is 28.3 Å². The molecule has 2 rings (SSSR count). The zero-order valence-corrected chi connectivity index (χ0v) is 15.3. The molecule has 1 aromatic heterocycles. The van der Waals surface area contributed by atoms with Gasteiger partial charge in [0.2, 0.25) is 0 Å². The van der Waals surface area contributed by atoms with Gasteiger partial charge in [-0.1, -0.05) is 19.6 Å². The van der Waals surface area contributed by atoms with Crippen LogP contribution in [0.4, 0.5) is 0 Å². The number of hydrogen-bond donors (Lipinski definition) is 0. The first-order valence-corrected chi connectivity index (χ1v) is 11.5. The van der Waals surface area contributed by atoms with E-state index in [1.54, 1.807) is 4.90 Å². The molecule has 1 aliphatic rings. The molecule has 0 fully saturated rings. The summed E-state index contributed by atoms with van der Waals surface area (Å²) in [5.41, 5.74) is 1.92. The van der Waals surface area contributed by atoms with Crippen LogP contribution >= 0.6 is 15.9 Å². The summed E-state index contributed by atoms with van der Waals surface area (Å²) in [5.74, 6) is 0.0763. The lowest BCUT2D eigenvalue weighted by atomic mass is 10.1. The third kappa shape index (κ3) is 3.54. The van der Waals surface area contributed by atoms with Crippen molar-refractivity contribution < 1.29 is 9.53 Å². The number of halogens is 1. The molecule has 1 aromatic rings. The number of rotatable bonds is 5. The van der Waals surface area contributed by atoms with Crippen LogP contribution in [-0.2, 0) is 18.2 Å². The van der Waals surface area contributed by atoms with Crippen molar-refractivity contribution in [1.82, 2.24) is 9.47 Å². The van der Waals surface area contributed by atoms with Gasteiger partial charge in [-0.2, -0.15) is 0 Å². The second-order valence-electron chi connectivity index (χ2n) is 6.57. The van der Waals surface area contributed by atoms with Crippen LogP contribution in [0.3, 0.4) is 0 Å². The average molecular weight is 359 g/mol. The normalized spacial score (nSPS) is 15.7. The van der Waals surface area contributed by atoms with Crippen molar-refractivity contribution >= 4 is 29.9 Å². The zero-order valence-electron chi connectivity index (χ0n) is 12.7. The second kappa shape index (κ2) is 6.03. The molecule has 0 unspecified atom stereocenters. The van der Waals surface area contributed by atoms with Crippen molar-refractivity contribution in [1.29, 1.82) is 0 Å². The van der Waals surface area contributed by atoms with Crippen molar-refractivity contribution in [2.75, 3.05) is 19.9 Å². The molecule has 0 bridgehead atoms. The molecule has 6 heteroatoms. The van der Waals surface area contributed by atoms with Crippen LogP contribution in [0.1, 0.15) is 16.1 Å². The van der Waals surface area contributed by atoms with Gasteiger partial charge in [0.15, 0.2) is 0 Å². The third-order valence-corrected chi connectivity index (χ3v) is 6.10. The van der Waals surface area contributed by atoms with E-state index in [4.69, 9.17) is 4.74 Å². The minimum atomic E-state index is -1.06.